The highest BCUT2D eigenvalue weighted by molar-refractivity contribution is 6.74. The predicted molar refractivity (Wildman–Crippen MR) is 73.9 cm³/mol. The minimum absolute atomic E-state index is 0.163. The molecule has 0 N–H and O–H groups in total. The van der Waals surface area contributed by atoms with E-state index < -0.39 is 20.4 Å². The summed E-state index contributed by atoms with van der Waals surface area (Å²) >= 11 is 0. The van der Waals surface area contributed by atoms with Gasteiger partial charge in [-0.3, -0.25) is 4.79 Å². The summed E-state index contributed by atoms with van der Waals surface area (Å²) < 4.78 is 10.7. The Bertz CT molecular complexity index is 315. The van der Waals surface area contributed by atoms with E-state index in [0.717, 1.165) is 0 Å². The topological polar surface area (TPSA) is 52.6 Å². The summed E-state index contributed by atoms with van der Waals surface area (Å²) in [5, 5.41) is 0.177. The third kappa shape index (κ3) is 6.12. The molecule has 0 aliphatic carbocycles. The lowest BCUT2D eigenvalue weighted by atomic mass is 10.2. The van der Waals surface area contributed by atoms with E-state index in [1.54, 1.807) is 13.0 Å². The van der Waals surface area contributed by atoms with Gasteiger partial charge in [0.2, 0.25) is 6.29 Å². The molecule has 0 saturated carbocycles. The molecular formula is C13H24O4Si. The van der Waals surface area contributed by atoms with Gasteiger partial charge in [-0.2, -0.15) is 0 Å². The first kappa shape index (κ1) is 17.1. The van der Waals surface area contributed by atoms with E-state index in [4.69, 9.17) is 9.16 Å². The Morgan fingerprint density at radius 3 is 2.33 bits per heavy atom. The number of carbonyl (C=O) groups excluding carboxylic acids is 2. The van der Waals surface area contributed by atoms with Gasteiger partial charge in [-0.05, 0) is 31.1 Å². The number of carbonyl (C=O) groups is 2. The number of hydrogen-bond donors (Lipinski definition) is 0. The molecule has 0 amide bonds. The highest BCUT2D eigenvalue weighted by atomic mass is 28.4. The minimum atomic E-state index is -1.73. The van der Waals surface area contributed by atoms with E-state index in [1.165, 1.54) is 0 Å². The van der Waals surface area contributed by atoms with Crippen LogP contribution in [0.1, 0.15) is 27.7 Å². The minimum Gasteiger partial charge on any atom is -0.453 e. The number of esters is 1. The Hall–Kier alpha value is -0.943. The van der Waals surface area contributed by atoms with E-state index in [-0.39, 0.29) is 11.3 Å². The summed E-state index contributed by atoms with van der Waals surface area (Å²) in [6, 6.07) is 0. The number of hydrogen-bond acceptors (Lipinski definition) is 4. The zero-order valence-electron chi connectivity index (χ0n) is 12.1. The van der Waals surface area contributed by atoms with Crippen LogP contribution < -0.4 is 0 Å². The molecule has 5 heteroatoms. The Labute approximate surface area is 110 Å². The van der Waals surface area contributed by atoms with Crippen LogP contribution in [0.25, 0.3) is 0 Å². The summed E-state index contributed by atoms with van der Waals surface area (Å²) in [6.07, 6.45) is 3.29. The molecule has 1 atom stereocenters. The van der Waals surface area contributed by atoms with E-state index in [2.05, 4.69) is 33.9 Å². The third-order valence-electron chi connectivity index (χ3n) is 3.15. The molecule has 0 rings (SSSR count). The second kappa shape index (κ2) is 6.85. The molecule has 0 saturated heterocycles. The van der Waals surface area contributed by atoms with Crippen LogP contribution in [0, 0.1) is 0 Å². The van der Waals surface area contributed by atoms with Gasteiger partial charge in [0, 0.05) is 0 Å². The van der Waals surface area contributed by atoms with E-state index in [9.17, 15) is 9.59 Å². The van der Waals surface area contributed by atoms with Gasteiger partial charge < -0.3 is 9.16 Å². The molecule has 0 aliphatic heterocycles. The third-order valence-corrected chi connectivity index (χ3v) is 7.65. The second-order valence-corrected chi connectivity index (χ2v) is 10.6. The van der Waals surface area contributed by atoms with E-state index in [0.29, 0.717) is 6.61 Å². The molecular weight excluding hydrogens is 248 g/mol. The van der Waals surface area contributed by atoms with Crippen LogP contribution in [-0.4, -0.2) is 33.3 Å². The lowest BCUT2D eigenvalue weighted by Crippen LogP contribution is -2.40. The summed E-state index contributed by atoms with van der Waals surface area (Å²) in [4.78, 5) is 20.8. The van der Waals surface area contributed by atoms with Gasteiger partial charge in [-0.15, -0.1) is 0 Å². The molecule has 18 heavy (non-hydrogen) atoms. The molecule has 0 unspecified atom stereocenters. The largest absolute Gasteiger partial charge is 0.453 e. The highest BCUT2D eigenvalue weighted by Gasteiger charge is 2.36. The smallest absolute Gasteiger partial charge is 0.371 e. The summed E-state index contributed by atoms with van der Waals surface area (Å²) in [5.41, 5.74) is 0. The summed E-state index contributed by atoms with van der Waals surface area (Å²) in [6.45, 7) is 13.1. The van der Waals surface area contributed by atoms with Crippen LogP contribution in [0.3, 0.4) is 0 Å². The lowest BCUT2D eigenvalue weighted by Gasteiger charge is -2.35. The molecule has 0 fully saturated rings. The molecule has 0 bridgehead atoms. The Morgan fingerprint density at radius 2 is 1.89 bits per heavy atom. The molecule has 0 spiro atoms. The van der Waals surface area contributed by atoms with Crippen molar-refractivity contribution < 1.29 is 18.8 Å². The maximum Gasteiger partial charge on any atom is 0.371 e. The predicted octanol–water partition coefficient (Wildman–Crippen LogP) is 2.70. The fourth-order valence-corrected chi connectivity index (χ4v) is 1.92. The fourth-order valence-electron chi connectivity index (χ4n) is 0.970. The van der Waals surface area contributed by atoms with Crippen LogP contribution in [0.2, 0.25) is 18.1 Å². The van der Waals surface area contributed by atoms with Crippen molar-refractivity contribution in [1.82, 2.24) is 0 Å². The molecule has 4 nitrogen and oxygen atoms in total. The van der Waals surface area contributed by atoms with Crippen molar-refractivity contribution in [2.24, 2.45) is 0 Å². The van der Waals surface area contributed by atoms with Crippen molar-refractivity contribution in [3.05, 3.63) is 12.2 Å². The monoisotopic (exact) mass is 272 g/mol. The van der Waals surface area contributed by atoms with Crippen molar-refractivity contribution in [2.75, 3.05) is 6.61 Å². The summed E-state index contributed by atoms with van der Waals surface area (Å²) in [5.74, 6) is -0.850. The van der Waals surface area contributed by atoms with Crippen LogP contribution >= 0.6 is 0 Å². The average Bonchev–Trinajstić information content (AvgIpc) is 2.22. The van der Waals surface area contributed by atoms with Crippen molar-refractivity contribution in [1.29, 1.82) is 0 Å². The Balaban J connectivity index is 4.12. The Morgan fingerprint density at radius 1 is 1.33 bits per heavy atom. The van der Waals surface area contributed by atoms with Gasteiger partial charge in [-0.1, -0.05) is 26.8 Å². The first-order valence-corrected chi connectivity index (χ1v) is 8.97. The van der Waals surface area contributed by atoms with Crippen molar-refractivity contribution >= 4 is 20.6 Å². The van der Waals surface area contributed by atoms with Crippen molar-refractivity contribution in [3.8, 4) is 0 Å². The maximum atomic E-state index is 10.7. The van der Waals surface area contributed by atoms with E-state index >= 15 is 0 Å². The number of rotatable bonds is 6. The van der Waals surface area contributed by atoms with Crippen LogP contribution in [0.15, 0.2) is 12.2 Å². The van der Waals surface area contributed by atoms with Gasteiger partial charge >= 0.3 is 5.97 Å². The number of aldehydes is 1. The SMILES string of the molecule is C[C@@H](/C=C\CO[Si](C)(C)C(C)(C)C)OC(=O)C=O. The average molecular weight is 272 g/mol. The molecule has 104 valence electrons. The first-order chi connectivity index (χ1) is 8.10. The fraction of sp³-hybridized carbons (Fsp3) is 0.692. The van der Waals surface area contributed by atoms with Crippen LogP contribution in [0.4, 0.5) is 0 Å². The zero-order valence-corrected chi connectivity index (χ0v) is 13.1. The lowest BCUT2D eigenvalue weighted by molar-refractivity contribution is -0.150. The van der Waals surface area contributed by atoms with Gasteiger partial charge in [-0.25, -0.2) is 4.79 Å². The normalized spacial score (nSPS) is 14.6. The highest BCUT2D eigenvalue weighted by Crippen LogP contribution is 2.36. The second-order valence-electron chi connectivity index (χ2n) is 5.76. The van der Waals surface area contributed by atoms with Gasteiger partial charge in [0.15, 0.2) is 8.32 Å². The summed E-state index contributed by atoms with van der Waals surface area (Å²) in [7, 11) is -1.73. The van der Waals surface area contributed by atoms with Crippen LogP contribution in [0.5, 0.6) is 0 Å². The van der Waals surface area contributed by atoms with Crippen molar-refractivity contribution in [2.45, 2.75) is 51.9 Å². The van der Waals surface area contributed by atoms with Gasteiger partial charge in [0.1, 0.15) is 6.10 Å². The first-order valence-electron chi connectivity index (χ1n) is 6.06. The molecule has 0 aliphatic rings. The van der Waals surface area contributed by atoms with Gasteiger partial charge in [0.05, 0.1) is 6.61 Å². The quantitative estimate of drug-likeness (QED) is 0.245. The molecule has 0 aromatic rings. The standard InChI is InChI=1S/C13H24O4Si/c1-11(17-12(15)10-14)8-7-9-16-18(5,6)13(2,3)4/h7-8,10-11H,9H2,1-6H3/b8-7-/t11-/m0/s1. The molecule has 0 heterocycles. The number of ether oxygens (including phenoxy) is 1. The maximum absolute atomic E-state index is 10.7. The van der Waals surface area contributed by atoms with Crippen LogP contribution in [-0.2, 0) is 18.8 Å². The molecule has 0 aromatic carbocycles. The van der Waals surface area contributed by atoms with Gasteiger partial charge in [0.25, 0.3) is 0 Å². The zero-order chi connectivity index (χ0) is 14.4. The Kier molecular flexibility index (Phi) is 6.49. The van der Waals surface area contributed by atoms with Crippen molar-refractivity contribution in [3.63, 3.8) is 0 Å². The molecule has 0 aromatic heterocycles. The molecule has 0 radical (unpaired) electrons. The van der Waals surface area contributed by atoms with E-state index in [1.807, 2.05) is 6.08 Å².